The number of carbonyl (C=O) groups is 1. The molecule has 0 radical (unpaired) electrons. The van der Waals surface area contributed by atoms with E-state index in [9.17, 15) is 13.2 Å². The Morgan fingerprint density at radius 3 is 2.37 bits per heavy atom. The Kier molecular flexibility index (Phi) is 8.08. The van der Waals surface area contributed by atoms with Crippen LogP contribution < -0.4 is 19.5 Å². The van der Waals surface area contributed by atoms with Gasteiger partial charge in [0.05, 0.1) is 18.6 Å². The number of methoxy groups -OCH3 is 1. The van der Waals surface area contributed by atoms with Crippen LogP contribution >= 0.6 is 15.9 Å². The molecule has 2 aromatic carbocycles. The summed E-state index contributed by atoms with van der Waals surface area (Å²) in [6.07, 6.45) is 0.0322. The molecular weight excluding hydrogens is 436 g/mol. The number of rotatable bonds is 10. The molecule has 0 saturated carbocycles. The summed E-state index contributed by atoms with van der Waals surface area (Å²) in [7, 11) is -2.08. The highest BCUT2D eigenvalue weighted by Gasteiger charge is 2.13. The van der Waals surface area contributed by atoms with Gasteiger partial charge in [0.1, 0.15) is 6.61 Å². The van der Waals surface area contributed by atoms with Crippen LogP contribution in [0.5, 0.6) is 11.5 Å². The van der Waals surface area contributed by atoms with Gasteiger partial charge in [-0.3, -0.25) is 4.79 Å². The predicted molar refractivity (Wildman–Crippen MR) is 105 cm³/mol. The quantitative estimate of drug-likeness (QED) is 0.535. The second-order valence-electron chi connectivity index (χ2n) is 5.45. The van der Waals surface area contributed by atoms with Gasteiger partial charge in [0.25, 0.3) is 0 Å². The normalized spacial score (nSPS) is 11.0. The van der Waals surface area contributed by atoms with Crippen molar-refractivity contribution in [2.45, 2.75) is 11.3 Å². The lowest BCUT2D eigenvalue weighted by molar-refractivity contribution is -0.121. The van der Waals surface area contributed by atoms with Crippen LogP contribution in [-0.4, -0.2) is 41.1 Å². The van der Waals surface area contributed by atoms with Gasteiger partial charge >= 0.3 is 0 Å². The van der Waals surface area contributed by atoms with Crippen molar-refractivity contribution in [1.29, 1.82) is 0 Å². The molecule has 1 amide bonds. The van der Waals surface area contributed by atoms with Crippen LogP contribution in [0.4, 0.5) is 0 Å². The third kappa shape index (κ3) is 6.85. The number of para-hydroxylation sites is 2. The van der Waals surface area contributed by atoms with Crippen LogP contribution in [-0.2, 0) is 14.8 Å². The molecule has 2 N–H and O–H groups in total. The van der Waals surface area contributed by atoms with Crippen molar-refractivity contribution in [3.05, 3.63) is 53.0 Å². The number of hydrogen-bond acceptors (Lipinski definition) is 5. The van der Waals surface area contributed by atoms with E-state index in [1.165, 1.54) is 12.1 Å². The Bertz CT molecular complexity index is 856. The van der Waals surface area contributed by atoms with Crippen LogP contribution in [0.15, 0.2) is 57.9 Å². The molecule has 7 nitrogen and oxygen atoms in total. The standard InChI is InChI=1S/C18H21BrN2O5S/c1-25-16-4-2-3-5-17(16)26-13-12-20-18(22)10-11-21-27(23,24)15-8-6-14(19)7-9-15/h2-9,21H,10-13H2,1H3,(H,20,22). The van der Waals surface area contributed by atoms with Gasteiger partial charge in [0.2, 0.25) is 15.9 Å². The van der Waals surface area contributed by atoms with Gasteiger partial charge in [-0.15, -0.1) is 0 Å². The minimum atomic E-state index is -3.63. The van der Waals surface area contributed by atoms with E-state index in [1.807, 2.05) is 12.1 Å². The van der Waals surface area contributed by atoms with Gasteiger partial charge < -0.3 is 14.8 Å². The number of halogens is 1. The Morgan fingerprint density at radius 1 is 1.04 bits per heavy atom. The van der Waals surface area contributed by atoms with E-state index >= 15 is 0 Å². The third-order valence-corrected chi connectivity index (χ3v) is 5.52. The molecule has 0 saturated heterocycles. The average molecular weight is 457 g/mol. The highest BCUT2D eigenvalue weighted by atomic mass is 79.9. The van der Waals surface area contributed by atoms with Crippen molar-refractivity contribution in [2.75, 3.05) is 26.8 Å². The van der Waals surface area contributed by atoms with Crippen molar-refractivity contribution in [3.63, 3.8) is 0 Å². The van der Waals surface area contributed by atoms with Crippen LogP contribution in [0.2, 0.25) is 0 Å². The fourth-order valence-corrected chi connectivity index (χ4v) is 3.47. The molecule has 9 heteroatoms. The lowest BCUT2D eigenvalue weighted by Gasteiger charge is -2.11. The monoisotopic (exact) mass is 456 g/mol. The van der Waals surface area contributed by atoms with Crippen LogP contribution in [0.3, 0.4) is 0 Å². The zero-order chi connectivity index (χ0) is 19.7. The molecular formula is C18H21BrN2O5S. The molecule has 0 fully saturated rings. The largest absolute Gasteiger partial charge is 0.493 e. The van der Waals surface area contributed by atoms with Crippen LogP contribution in [0, 0.1) is 0 Å². The number of benzene rings is 2. The molecule has 0 bridgehead atoms. The highest BCUT2D eigenvalue weighted by Crippen LogP contribution is 2.25. The lowest BCUT2D eigenvalue weighted by atomic mass is 10.3. The number of sulfonamides is 1. The maximum Gasteiger partial charge on any atom is 0.240 e. The Morgan fingerprint density at radius 2 is 1.70 bits per heavy atom. The summed E-state index contributed by atoms with van der Waals surface area (Å²) in [5.41, 5.74) is 0. The predicted octanol–water partition coefficient (Wildman–Crippen LogP) is 2.32. The molecule has 146 valence electrons. The van der Waals surface area contributed by atoms with Crippen molar-refractivity contribution in [1.82, 2.24) is 10.0 Å². The number of nitrogens with one attached hydrogen (secondary N) is 2. The topological polar surface area (TPSA) is 93.7 Å². The first kappa shape index (κ1) is 21.2. The van der Waals surface area contributed by atoms with Gasteiger partial charge in [-0.1, -0.05) is 28.1 Å². The maximum absolute atomic E-state index is 12.1. The molecule has 0 heterocycles. The first-order valence-corrected chi connectivity index (χ1v) is 10.5. The minimum absolute atomic E-state index is 0.0115. The van der Waals surface area contributed by atoms with E-state index in [2.05, 4.69) is 26.0 Å². The molecule has 27 heavy (non-hydrogen) atoms. The van der Waals surface area contributed by atoms with E-state index in [0.717, 1.165) is 4.47 Å². The molecule has 0 aliphatic rings. The average Bonchev–Trinajstić information content (AvgIpc) is 2.65. The summed E-state index contributed by atoms with van der Waals surface area (Å²) in [6.45, 7) is 0.588. The van der Waals surface area contributed by atoms with Crippen LogP contribution in [0.25, 0.3) is 0 Å². The fraction of sp³-hybridized carbons (Fsp3) is 0.278. The fourth-order valence-electron chi connectivity index (χ4n) is 2.17. The molecule has 2 rings (SSSR count). The summed E-state index contributed by atoms with van der Waals surface area (Å²) in [6, 6.07) is 13.5. The summed E-state index contributed by atoms with van der Waals surface area (Å²) >= 11 is 3.25. The van der Waals surface area contributed by atoms with E-state index in [0.29, 0.717) is 18.0 Å². The van der Waals surface area contributed by atoms with Crippen molar-refractivity contribution < 1.29 is 22.7 Å². The maximum atomic E-state index is 12.1. The van der Waals surface area contributed by atoms with E-state index < -0.39 is 10.0 Å². The second-order valence-corrected chi connectivity index (χ2v) is 8.13. The van der Waals surface area contributed by atoms with Gasteiger partial charge in [0, 0.05) is 17.4 Å². The molecule has 0 aliphatic heterocycles. The molecule has 0 atom stereocenters. The van der Waals surface area contributed by atoms with Crippen molar-refractivity contribution in [3.8, 4) is 11.5 Å². The van der Waals surface area contributed by atoms with E-state index in [-0.39, 0.29) is 30.4 Å². The first-order valence-electron chi connectivity index (χ1n) is 8.20. The van der Waals surface area contributed by atoms with Gasteiger partial charge in [-0.2, -0.15) is 0 Å². The SMILES string of the molecule is COc1ccccc1OCCNC(=O)CCNS(=O)(=O)c1ccc(Br)cc1. The summed E-state index contributed by atoms with van der Waals surface area (Å²) < 4.78 is 38.1. The Hall–Kier alpha value is -2.10. The number of hydrogen-bond donors (Lipinski definition) is 2. The highest BCUT2D eigenvalue weighted by molar-refractivity contribution is 9.10. The third-order valence-electron chi connectivity index (χ3n) is 3.52. The first-order chi connectivity index (χ1) is 12.9. The smallest absolute Gasteiger partial charge is 0.240 e. The van der Waals surface area contributed by atoms with Crippen LogP contribution in [0.1, 0.15) is 6.42 Å². The number of ether oxygens (including phenoxy) is 2. The molecule has 2 aromatic rings. The second kappa shape index (κ2) is 10.3. The van der Waals surface area contributed by atoms with Gasteiger partial charge in [-0.25, -0.2) is 13.1 Å². The zero-order valence-corrected chi connectivity index (χ0v) is 17.2. The van der Waals surface area contributed by atoms with Gasteiger partial charge in [0.15, 0.2) is 11.5 Å². The lowest BCUT2D eigenvalue weighted by Crippen LogP contribution is -2.32. The number of amides is 1. The Balaban J connectivity index is 1.68. The summed E-state index contributed by atoms with van der Waals surface area (Å²) in [5, 5.41) is 2.68. The minimum Gasteiger partial charge on any atom is -0.493 e. The summed E-state index contributed by atoms with van der Waals surface area (Å²) in [4.78, 5) is 12.0. The Labute approximate surface area is 167 Å². The molecule has 0 unspecified atom stereocenters. The van der Waals surface area contributed by atoms with E-state index in [4.69, 9.17) is 9.47 Å². The van der Waals surface area contributed by atoms with Crippen molar-refractivity contribution >= 4 is 31.9 Å². The molecule has 0 aromatic heterocycles. The summed E-state index contributed by atoms with van der Waals surface area (Å²) in [5.74, 6) is 0.944. The van der Waals surface area contributed by atoms with Crippen molar-refractivity contribution in [2.24, 2.45) is 0 Å². The zero-order valence-electron chi connectivity index (χ0n) is 14.8. The van der Waals surface area contributed by atoms with E-state index in [1.54, 1.807) is 31.4 Å². The van der Waals surface area contributed by atoms with Gasteiger partial charge in [-0.05, 0) is 36.4 Å². The molecule has 0 spiro atoms. The number of carbonyl (C=O) groups excluding carboxylic acids is 1. The molecule has 0 aliphatic carbocycles.